The van der Waals surface area contributed by atoms with Gasteiger partial charge in [-0.2, -0.15) is 0 Å². The summed E-state index contributed by atoms with van der Waals surface area (Å²) in [6.45, 7) is 2.98. The molecule has 0 radical (unpaired) electrons. The van der Waals surface area contributed by atoms with Gasteiger partial charge in [-0.05, 0) is 37.1 Å². The third-order valence-corrected chi connectivity index (χ3v) is 4.72. The Morgan fingerprint density at radius 2 is 2.13 bits per heavy atom. The van der Waals surface area contributed by atoms with Crippen molar-refractivity contribution in [3.05, 3.63) is 29.8 Å². The lowest BCUT2D eigenvalue weighted by molar-refractivity contribution is -0.133. The van der Waals surface area contributed by atoms with Gasteiger partial charge in [0.25, 0.3) is 0 Å². The van der Waals surface area contributed by atoms with Crippen LogP contribution in [0.3, 0.4) is 0 Å². The Bertz CT molecular complexity index is 534. The summed E-state index contributed by atoms with van der Waals surface area (Å²) in [6.07, 6.45) is 2.07. The number of benzene rings is 1. The van der Waals surface area contributed by atoms with E-state index in [1.807, 2.05) is 12.1 Å². The summed E-state index contributed by atoms with van der Waals surface area (Å²) in [7, 11) is 1.67. The molecule has 2 unspecified atom stereocenters. The minimum atomic E-state index is -0.0118. The highest BCUT2D eigenvalue weighted by Crippen LogP contribution is 2.25. The second-order valence-electron chi connectivity index (χ2n) is 6.28. The fourth-order valence-corrected chi connectivity index (χ4v) is 3.51. The molecule has 0 bridgehead atoms. The Kier molecular flexibility index (Phi) is 5.15. The highest BCUT2D eigenvalue weighted by molar-refractivity contribution is 5.81. The monoisotopic (exact) mass is 319 g/mol. The molecule has 0 spiro atoms. The van der Waals surface area contributed by atoms with Crippen molar-refractivity contribution < 1.29 is 14.6 Å². The number of amides is 1. The number of likely N-dealkylation sites (tertiary alicyclic amines) is 1. The van der Waals surface area contributed by atoms with Crippen LogP contribution in [0.2, 0.25) is 0 Å². The molecule has 1 aromatic rings. The highest BCUT2D eigenvalue weighted by atomic mass is 16.5. The zero-order chi connectivity index (χ0) is 16.2. The van der Waals surface area contributed by atoms with Crippen LogP contribution in [-0.2, 0) is 11.3 Å². The van der Waals surface area contributed by atoms with E-state index in [0.29, 0.717) is 6.54 Å². The average Bonchev–Trinajstić information content (AvgIpc) is 2.74. The Morgan fingerprint density at radius 3 is 2.83 bits per heavy atom. The number of hydrazine groups is 1. The lowest BCUT2D eigenvalue weighted by atomic mass is 9.98. The zero-order valence-corrected chi connectivity index (χ0v) is 13.6. The van der Waals surface area contributed by atoms with Crippen molar-refractivity contribution in [1.82, 2.24) is 15.3 Å². The number of fused-ring (bicyclic) bond motifs is 1. The van der Waals surface area contributed by atoms with E-state index in [9.17, 15) is 4.79 Å². The van der Waals surface area contributed by atoms with Gasteiger partial charge in [0.05, 0.1) is 26.2 Å². The summed E-state index contributed by atoms with van der Waals surface area (Å²) in [5.41, 5.74) is 4.50. The maximum atomic E-state index is 12.5. The van der Waals surface area contributed by atoms with Gasteiger partial charge in [-0.25, -0.2) is 5.43 Å². The second-order valence-corrected chi connectivity index (χ2v) is 6.28. The van der Waals surface area contributed by atoms with Gasteiger partial charge in [-0.3, -0.25) is 14.7 Å². The fraction of sp³-hybridized carbons (Fsp3) is 0.588. The minimum absolute atomic E-state index is 0.00621. The van der Waals surface area contributed by atoms with Gasteiger partial charge in [0, 0.05) is 19.1 Å². The number of hydrogen-bond acceptors (Lipinski definition) is 5. The molecule has 2 N–H and O–H groups in total. The van der Waals surface area contributed by atoms with Gasteiger partial charge in [-0.1, -0.05) is 12.1 Å². The number of ether oxygens (including phenoxy) is 1. The van der Waals surface area contributed by atoms with E-state index in [1.54, 1.807) is 12.1 Å². The summed E-state index contributed by atoms with van der Waals surface area (Å²) in [4.78, 5) is 14.8. The number of methoxy groups -OCH3 is 1. The van der Waals surface area contributed by atoms with Gasteiger partial charge in [0.2, 0.25) is 5.91 Å². The number of β-amino-alcohol motifs (C(OH)–C–C–N with tert-alkyl or cyclic N) is 1. The number of rotatable bonds is 5. The molecule has 126 valence electrons. The molecule has 6 nitrogen and oxygen atoms in total. The quantitative estimate of drug-likeness (QED) is 0.833. The molecule has 1 aromatic carbocycles. The standard InChI is InChI=1S/C17H25N3O3/c1-23-14-6-4-13(5-7-14)11-19-8-2-3-16-15(12-19)17(22)20(18-16)9-10-21/h4-7,15-16,18,21H,2-3,8-12H2,1H3. The maximum Gasteiger partial charge on any atom is 0.242 e. The zero-order valence-electron chi connectivity index (χ0n) is 13.6. The summed E-state index contributed by atoms with van der Waals surface area (Å²) in [6, 6.07) is 8.31. The topological polar surface area (TPSA) is 65.0 Å². The third-order valence-electron chi connectivity index (χ3n) is 4.72. The number of aliphatic hydroxyl groups excluding tert-OH is 1. The molecule has 2 saturated heterocycles. The van der Waals surface area contributed by atoms with Crippen LogP contribution in [0.1, 0.15) is 18.4 Å². The molecule has 0 saturated carbocycles. The van der Waals surface area contributed by atoms with Crippen LogP contribution >= 0.6 is 0 Å². The molecule has 2 aliphatic rings. The molecule has 6 heteroatoms. The van der Waals surface area contributed by atoms with Crippen LogP contribution < -0.4 is 10.2 Å². The first-order valence-corrected chi connectivity index (χ1v) is 8.25. The molecule has 23 heavy (non-hydrogen) atoms. The normalized spacial score (nSPS) is 25.3. The van der Waals surface area contributed by atoms with Gasteiger partial charge in [0.1, 0.15) is 5.75 Å². The molecule has 0 aromatic heterocycles. The number of hydrogen-bond donors (Lipinski definition) is 2. The van der Waals surface area contributed by atoms with E-state index < -0.39 is 0 Å². The van der Waals surface area contributed by atoms with Gasteiger partial charge < -0.3 is 9.84 Å². The Balaban J connectivity index is 1.64. The molecule has 2 atom stereocenters. The number of nitrogens with one attached hydrogen (secondary N) is 1. The van der Waals surface area contributed by atoms with E-state index >= 15 is 0 Å². The molecule has 3 rings (SSSR count). The van der Waals surface area contributed by atoms with E-state index in [4.69, 9.17) is 9.84 Å². The van der Waals surface area contributed by atoms with Crippen molar-refractivity contribution >= 4 is 5.91 Å². The molecule has 0 aliphatic carbocycles. The number of carbonyl (C=O) groups is 1. The van der Waals surface area contributed by atoms with Crippen molar-refractivity contribution in [2.45, 2.75) is 25.4 Å². The predicted molar refractivity (Wildman–Crippen MR) is 86.7 cm³/mol. The Hall–Kier alpha value is -1.63. The predicted octanol–water partition coefficient (Wildman–Crippen LogP) is 0.615. The third kappa shape index (κ3) is 3.65. The van der Waals surface area contributed by atoms with Crippen LogP contribution in [0.25, 0.3) is 0 Å². The SMILES string of the molecule is COc1ccc(CN2CCCC3NN(CCO)C(=O)C3C2)cc1. The van der Waals surface area contributed by atoms with E-state index in [1.165, 1.54) is 5.56 Å². The first-order valence-electron chi connectivity index (χ1n) is 8.25. The van der Waals surface area contributed by atoms with E-state index in [-0.39, 0.29) is 24.5 Å². The van der Waals surface area contributed by atoms with Crippen molar-refractivity contribution in [2.24, 2.45) is 5.92 Å². The Labute approximate surface area is 137 Å². The molecular weight excluding hydrogens is 294 g/mol. The minimum Gasteiger partial charge on any atom is -0.497 e. The van der Waals surface area contributed by atoms with Gasteiger partial charge in [0.15, 0.2) is 0 Å². The Morgan fingerprint density at radius 1 is 1.35 bits per heavy atom. The maximum absolute atomic E-state index is 12.5. The van der Waals surface area contributed by atoms with Crippen molar-refractivity contribution in [3.8, 4) is 5.75 Å². The molecule has 2 aliphatic heterocycles. The van der Waals surface area contributed by atoms with Crippen LogP contribution in [0.5, 0.6) is 5.75 Å². The summed E-state index contributed by atoms with van der Waals surface area (Å²) in [5, 5.41) is 10.7. The summed E-state index contributed by atoms with van der Waals surface area (Å²) in [5.74, 6) is 0.965. The lowest BCUT2D eigenvalue weighted by Crippen LogP contribution is -2.39. The first-order chi connectivity index (χ1) is 11.2. The second kappa shape index (κ2) is 7.29. The van der Waals surface area contributed by atoms with Gasteiger partial charge in [-0.15, -0.1) is 0 Å². The fourth-order valence-electron chi connectivity index (χ4n) is 3.51. The lowest BCUT2D eigenvalue weighted by Gasteiger charge is -2.23. The average molecular weight is 319 g/mol. The van der Waals surface area contributed by atoms with Crippen LogP contribution in [-0.4, -0.2) is 60.3 Å². The van der Waals surface area contributed by atoms with Crippen LogP contribution in [0.15, 0.2) is 24.3 Å². The molecule has 1 amide bonds. The smallest absolute Gasteiger partial charge is 0.242 e. The van der Waals surface area contributed by atoms with Crippen LogP contribution in [0, 0.1) is 5.92 Å². The van der Waals surface area contributed by atoms with Crippen molar-refractivity contribution in [1.29, 1.82) is 0 Å². The summed E-state index contributed by atoms with van der Waals surface area (Å²) < 4.78 is 5.19. The van der Waals surface area contributed by atoms with Crippen LogP contribution in [0.4, 0.5) is 0 Å². The van der Waals surface area contributed by atoms with Crippen molar-refractivity contribution in [3.63, 3.8) is 0 Å². The number of nitrogens with zero attached hydrogens (tertiary/aromatic N) is 2. The molecule has 2 heterocycles. The van der Waals surface area contributed by atoms with Crippen molar-refractivity contribution in [2.75, 3.05) is 33.4 Å². The number of carbonyl (C=O) groups excluding carboxylic acids is 1. The largest absolute Gasteiger partial charge is 0.497 e. The number of aliphatic hydroxyl groups is 1. The van der Waals surface area contributed by atoms with E-state index in [2.05, 4.69) is 22.5 Å². The van der Waals surface area contributed by atoms with E-state index in [0.717, 1.165) is 38.2 Å². The van der Waals surface area contributed by atoms with Gasteiger partial charge >= 0.3 is 0 Å². The molecular formula is C17H25N3O3. The first kappa shape index (κ1) is 16.2. The molecule has 2 fully saturated rings. The highest BCUT2D eigenvalue weighted by Gasteiger charge is 2.41. The summed E-state index contributed by atoms with van der Waals surface area (Å²) >= 11 is 0.